The molecule has 1 aliphatic rings. The van der Waals surface area contributed by atoms with Crippen molar-refractivity contribution in [3.63, 3.8) is 0 Å². The average molecular weight is 412 g/mol. The molecule has 0 saturated heterocycles. The molecule has 164 valence electrons. The monoisotopic (exact) mass is 411 g/mol. The predicted molar refractivity (Wildman–Crippen MR) is 121 cm³/mol. The first-order valence-electron chi connectivity index (χ1n) is 11.5. The van der Waals surface area contributed by atoms with Gasteiger partial charge in [-0.3, -0.25) is 0 Å². The molecule has 2 unspecified atom stereocenters. The summed E-state index contributed by atoms with van der Waals surface area (Å²) in [5, 5.41) is 14.8. The van der Waals surface area contributed by atoms with Crippen LogP contribution in [0.2, 0.25) is 0 Å². The van der Waals surface area contributed by atoms with Gasteiger partial charge in [0.25, 0.3) is 0 Å². The Balaban J connectivity index is 1.54. The Morgan fingerprint density at radius 1 is 1.07 bits per heavy atom. The van der Waals surface area contributed by atoms with Crippen LogP contribution in [0.15, 0.2) is 24.3 Å². The van der Waals surface area contributed by atoms with Gasteiger partial charge in [0.1, 0.15) is 11.6 Å². The van der Waals surface area contributed by atoms with Crippen LogP contribution in [-0.2, 0) is 19.4 Å². The van der Waals surface area contributed by atoms with Crippen molar-refractivity contribution in [2.75, 3.05) is 6.54 Å². The number of carbonyl (C=O) groups excluding carboxylic acids is 1. The summed E-state index contributed by atoms with van der Waals surface area (Å²) in [6, 6.07) is 8.54. The maximum absolute atomic E-state index is 12.6. The third-order valence-electron chi connectivity index (χ3n) is 6.25. The van der Waals surface area contributed by atoms with E-state index in [0.717, 1.165) is 36.6 Å². The molecule has 2 aromatic rings. The van der Waals surface area contributed by atoms with Crippen LogP contribution < -0.4 is 10.6 Å². The van der Waals surface area contributed by atoms with Gasteiger partial charge in [0.05, 0.1) is 6.04 Å². The largest absolute Gasteiger partial charge is 0.338 e. The van der Waals surface area contributed by atoms with Crippen molar-refractivity contribution >= 4 is 6.03 Å². The van der Waals surface area contributed by atoms with Gasteiger partial charge in [0.15, 0.2) is 0 Å². The molecule has 1 aliphatic heterocycles. The minimum absolute atomic E-state index is 0.0136. The molecule has 3 rings (SSSR count). The van der Waals surface area contributed by atoms with E-state index in [1.54, 1.807) is 0 Å². The molecule has 0 spiro atoms. The highest BCUT2D eigenvalue weighted by Gasteiger charge is 2.19. The van der Waals surface area contributed by atoms with Gasteiger partial charge in [-0.15, -0.1) is 10.2 Å². The zero-order chi connectivity index (χ0) is 21.5. The average Bonchev–Trinajstić information content (AvgIpc) is 2.97. The van der Waals surface area contributed by atoms with Crippen molar-refractivity contribution in [1.82, 2.24) is 25.4 Å². The number of benzene rings is 1. The minimum Gasteiger partial charge on any atom is -0.338 e. The highest BCUT2D eigenvalue weighted by Crippen LogP contribution is 2.25. The summed E-state index contributed by atoms with van der Waals surface area (Å²) in [7, 11) is 0. The number of carbonyl (C=O) groups is 1. The molecule has 30 heavy (non-hydrogen) atoms. The highest BCUT2D eigenvalue weighted by atomic mass is 16.2. The third-order valence-corrected chi connectivity index (χ3v) is 6.25. The van der Waals surface area contributed by atoms with Crippen molar-refractivity contribution in [3.8, 4) is 0 Å². The Hall–Kier alpha value is -2.37. The minimum atomic E-state index is -0.129. The van der Waals surface area contributed by atoms with Gasteiger partial charge < -0.3 is 15.2 Å². The van der Waals surface area contributed by atoms with Crippen LogP contribution in [0.1, 0.15) is 88.1 Å². The van der Waals surface area contributed by atoms with Crippen LogP contribution in [0, 0.1) is 5.92 Å². The first-order chi connectivity index (χ1) is 14.5. The fraction of sp³-hybridized carbons (Fsp3) is 0.625. The van der Waals surface area contributed by atoms with E-state index < -0.39 is 0 Å². The van der Waals surface area contributed by atoms with E-state index in [-0.39, 0.29) is 12.1 Å². The zero-order valence-corrected chi connectivity index (χ0v) is 18.9. The van der Waals surface area contributed by atoms with E-state index in [4.69, 9.17) is 0 Å². The number of aryl methyl sites for hydroxylation is 1. The van der Waals surface area contributed by atoms with Crippen LogP contribution in [0.3, 0.4) is 0 Å². The van der Waals surface area contributed by atoms with Crippen molar-refractivity contribution in [2.45, 2.75) is 84.7 Å². The summed E-state index contributed by atoms with van der Waals surface area (Å²) in [5.41, 5.74) is 2.50. The molecular weight excluding hydrogens is 374 g/mol. The van der Waals surface area contributed by atoms with E-state index in [9.17, 15) is 4.79 Å². The van der Waals surface area contributed by atoms with Crippen LogP contribution in [0.5, 0.6) is 0 Å². The number of hydrogen-bond donors (Lipinski definition) is 2. The smallest absolute Gasteiger partial charge is 0.315 e. The van der Waals surface area contributed by atoms with Crippen molar-refractivity contribution in [1.29, 1.82) is 0 Å². The molecule has 2 heterocycles. The van der Waals surface area contributed by atoms with Crippen molar-refractivity contribution in [2.24, 2.45) is 5.92 Å². The molecular formula is C24H37N5O. The number of fused-ring (bicyclic) bond motifs is 1. The topological polar surface area (TPSA) is 71.8 Å². The second-order valence-electron chi connectivity index (χ2n) is 8.84. The molecule has 6 heteroatoms. The molecule has 2 atom stereocenters. The lowest BCUT2D eigenvalue weighted by Gasteiger charge is -2.24. The van der Waals surface area contributed by atoms with Gasteiger partial charge in [-0.2, -0.15) is 0 Å². The lowest BCUT2D eigenvalue weighted by Crippen LogP contribution is -2.40. The standard InChI is InChI=1S/C24H37N5O/c1-5-18(4)19-10-12-20(13-11-19)23(17(2)3)26-24(30)25-15-14-22-28-27-21-9-7-6-8-16-29(21)22/h10-13,17-18,23H,5-9,14-16H2,1-4H3,(H2,25,26,30). The highest BCUT2D eigenvalue weighted by molar-refractivity contribution is 5.74. The van der Waals surface area contributed by atoms with Crippen LogP contribution in [0.4, 0.5) is 4.79 Å². The summed E-state index contributed by atoms with van der Waals surface area (Å²) in [6.07, 6.45) is 6.45. The number of urea groups is 1. The SMILES string of the molecule is CCC(C)c1ccc(C(NC(=O)NCCc2nnc3n2CCCCC3)C(C)C)cc1. The second kappa shape index (κ2) is 10.6. The van der Waals surface area contributed by atoms with Gasteiger partial charge >= 0.3 is 6.03 Å². The number of nitrogens with zero attached hydrogens (tertiary/aromatic N) is 3. The van der Waals surface area contributed by atoms with Crippen LogP contribution in [-0.4, -0.2) is 27.3 Å². The zero-order valence-electron chi connectivity index (χ0n) is 18.9. The molecule has 0 saturated carbocycles. The number of nitrogens with one attached hydrogen (secondary N) is 2. The molecule has 0 fully saturated rings. The molecule has 1 aromatic carbocycles. The Bertz CT molecular complexity index is 812. The quantitative estimate of drug-likeness (QED) is 0.658. The van der Waals surface area contributed by atoms with Gasteiger partial charge in [-0.25, -0.2) is 4.79 Å². The third kappa shape index (κ3) is 5.61. The summed E-state index contributed by atoms with van der Waals surface area (Å²) < 4.78 is 2.24. The Morgan fingerprint density at radius 3 is 2.50 bits per heavy atom. The van der Waals surface area contributed by atoms with Crippen LogP contribution >= 0.6 is 0 Å². The fourth-order valence-electron chi connectivity index (χ4n) is 4.11. The summed E-state index contributed by atoms with van der Waals surface area (Å²) >= 11 is 0. The van der Waals surface area contributed by atoms with Crippen molar-refractivity contribution < 1.29 is 4.79 Å². The van der Waals surface area contributed by atoms with Gasteiger partial charge in [0, 0.05) is 25.9 Å². The summed E-state index contributed by atoms with van der Waals surface area (Å²) in [4.78, 5) is 12.6. The van der Waals surface area contributed by atoms with E-state index in [0.29, 0.717) is 24.8 Å². The predicted octanol–water partition coefficient (Wildman–Crippen LogP) is 4.76. The Labute approximate surface area is 180 Å². The maximum Gasteiger partial charge on any atom is 0.315 e. The first kappa shape index (κ1) is 22.3. The molecule has 1 aromatic heterocycles. The van der Waals surface area contributed by atoms with Gasteiger partial charge in [-0.1, -0.05) is 58.4 Å². The number of aromatic nitrogens is 3. The van der Waals surface area contributed by atoms with Crippen LogP contribution in [0.25, 0.3) is 0 Å². The lowest BCUT2D eigenvalue weighted by atomic mass is 9.92. The number of amides is 2. The Kier molecular flexibility index (Phi) is 7.88. The molecule has 0 radical (unpaired) electrons. The molecule has 6 nitrogen and oxygen atoms in total. The normalized spacial score (nSPS) is 15.9. The van der Waals surface area contributed by atoms with Crippen molar-refractivity contribution in [3.05, 3.63) is 47.0 Å². The Morgan fingerprint density at radius 2 is 1.80 bits per heavy atom. The fourth-order valence-corrected chi connectivity index (χ4v) is 4.11. The van der Waals surface area contributed by atoms with E-state index in [1.807, 2.05) is 0 Å². The molecule has 2 amide bonds. The van der Waals surface area contributed by atoms with E-state index in [1.165, 1.54) is 24.8 Å². The first-order valence-corrected chi connectivity index (χ1v) is 11.5. The summed E-state index contributed by atoms with van der Waals surface area (Å²) in [6.45, 7) is 10.3. The van der Waals surface area contributed by atoms with Gasteiger partial charge in [-0.05, 0) is 42.2 Å². The lowest BCUT2D eigenvalue weighted by molar-refractivity contribution is 0.233. The summed E-state index contributed by atoms with van der Waals surface area (Å²) in [5.74, 6) is 2.93. The number of hydrogen-bond acceptors (Lipinski definition) is 3. The van der Waals surface area contributed by atoms with Gasteiger partial charge in [0.2, 0.25) is 0 Å². The number of rotatable bonds is 8. The maximum atomic E-state index is 12.6. The second-order valence-corrected chi connectivity index (χ2v) is 8.84. The molecule has 2 N–H and O–H groups in total. The van der Waals surface area contributed by atoms with E-state index in [2.05, 4.69) is 77.4 Å². The van der Waals surface area contributed by atoms with E-state index >= 15 is 0 Å². The molecule has 0 bridgehead atoms. The molecule has 0 aliphatic carbocycles.